The minimum Gasteiger partial charge on any atom is -0.503 e. The number of hydrogen-bond acceptors (Lipinski definition) is 22. The van der Waals surface area contributed by atoms with Crippen molar-refractivity contribution in [2.24, 2.45) is 0 Å². The Balaban J connectivity index is 0.000000162. The Kier molecular flexibility index (Phi) is 26.2. The first-order valence-corrected chi connectivity index (χ1v) is 39.0. The number of pyridine rings is 4. The number of carbonyl (C=O) groups is 5. The number of aromatic hydroxyl groups is 1. The van der Waals surface area contributed by atoms with Crippen LogP contribution < -0.4 is 19.6 Å². The van der Waals surface area contributed by atoms with Crippen LogP contribution in [0.5, 0.6) is 5.75 Å². The molecule has 4 aliphatic heterocycles. The fraction of sp³-hybridized carbons (Fsp3) is 0.364. The van der Waals surface area contributed by atoms with Crippen LogP contribution >= 0.6 is 34.8 Å². The summed E-state index contributed by atoms with van der Waals surface area (Å²) in [4.78, 5) is 134. The fourth-order valence-corrected chi connectivity index (χ4v) is 15.5. The van der Waals surface area contributed by atoms with E-state index < -0.39 is 110 Å². The summed E-state index contributed by atoms with van der Waals surface area (Å²) in [6.45, 7) is -3.95. The van der Waals surface area contributed by atoms with Gasteiger partial charge in [0.25, 0.3) is 0 Å². The van der Waals surface area contributed by atoms with Crippen LogP contribution in [0.15, 0.2) is 111 Å². The number of halogens is 16. The number of carboxylic acids is 1. The number of fused-ring (bicyclic) bond motifs is 4. The number of aromatic nitrogens is 16. The van der Waals surface area contributed by atoms with Gasteiger partial charge < -0.3 is 69.3 Å². The lowest BCUT2D eigenvalue weighted by molar-refractivity contribution is -0.159. The van der Waals surface area contributed by atoms with E-state index in [9.17, 15) is 91.3 Å². The van der Waals surface area contributed by atoms with Gasteiger partial charge in [-0.05, 0) is 87.8 Å². The predicted octanol–water partition coefficient (Wildman–Crippen LogP) is 14.0. The van der Waals surface area contributed by atoms with Crippen LogP contribution in [0.2, 0.25) is 15.1 Å². The lowest BCUT2D eigenvalue weighted by Crippen LogP contribution is -2.47. The van der Waals surface area contributed by atoms with Gasteiger partial charge in [-0.15, -0.1) is 0 Å². The first-order valence-electron chi connectivity index (χ1n) is 37.8. The molecule has 4 aliphatic rings. The average Bonchev–Trinajstić information content (AvgIpc) is 1.34. The van der Waals surface area contributed by atoms with Crippen molar-refractivity contribution in [1.29, 1.82) is 0 Å². The van der Waals surface area contributed by atoms with E-state index in [1.807, 2.05) is 6.07 Å². The van der Waals surface area contributed by atoms with E-state index in [4.69, 9.17) is 34.8 Å². The lowest BCUT2D eigenvalue weighted by Gasteiger charge is -2.30. The van der Waals surface area contributed by atoms with Crippen LogP contribution in [0.25, 0.3) is 89.7 Å². The van der Waals surface area contributed by atoms with Crippen molar-refractivity contribution < 1.29 is 94.1 Å². The summed E-state index contributed by atoms with van der Waals surface area (Å²) in [5.74, 6) is -3.58. The Morgan fingerprint density at radius 1 is 0.427 bits per heavy atom. The summed E-state index contributed by atoms with van der Waals surface area (Å²) >= 11 is 18.1. The highest BCUT2D eigenvalue weighted by molar-refractivity contribution is 6.32. The number of rotatable bonds is 17. The summed E-state index contributed by atoms with van der Waals surface area (Å²) < 4.78 is 167. The zero-order valence-electron chi connectivity index (χ0n) is 65.4. The number of alkyl halides is 12. The standard InChI is InChI=1S/C20H18ClF3N6O3.C19H17ClF4N6O.C19H18ClF3N6O.C19H19F3N6O2.2H2/c1-29(9-20(22,23)24)18(31)14-3-2-4-30(14)17-13(19(32)33)8-27-16(28-17)12-7-26-15-11(12)5-10(21)6-25-15;1-29(9-19(22,23)24)18(31)14-3-2-4-30(14)17-13(21)8-27-16(28-17)12-7-26-15-11(12)5-10(20)6-25-15;1-28(10-19(21,22)23)18(30)14-3-2-6-29(14)15-4-5-24-17(27-15)13-9-26-16-12(13)7-11(20)8-25-16;1-27(10-19(20,21)22)18(30)13-5-3-7-28(13)17-14(29)9-25-16(26-17)12-8-24-15-11(12)4-2-6-23-15;;/h5-8,14H,2-4,9H2,1H3,(H,25,26)(H,32,33);5-8,14H,2-4,9H2,1H3,(H,25,26);4-5,7-9,14H,2-3,6,10H2,1H3,(H,25,26);2,4,6,8-9,13,29H,3,5,7,10H2,1H3,(H,23,24);2*1H/t3*14-;13-;;/m1111../s1. The van der Waals surface area contributed by atoms with Crippen LogP contribution in [0.1, 0.15) is 64.6 Å². The number of aromatic amines is 4. The SMILES string of the molecule is CN(CC(F)(F)F)C(=O)[C@H]1CCCN1c1ccnc(-c2c[nH]c3ncc(Cl)cc23)n1.CN(CC(F)(F)F)C(=O)[C@H]1CCCN1c1nc(-c2c[nH]c3ncc(Cl)cc23)ncc1C(=O)O.CN(CC(F)(F)F)C(=O)[C@H]1CCCN1c1nc(-c2c[nH]c3ncc(Cl)cc23)ncc1F.CN(CC(F)(F)F)C(=O)[C@H]1CCCN1c1nc(-c2c[nH]c3ncccc23)ncc1O.[HH].[HH]. The molecular weight excluding hydrogens is 1730 g/mol. The lowest BCUT2D eigenvalue weighted by atomic mass is 10.1. The molecule has 31 nitrogen and oxygen atoms in total. The van der Waals surface area contributed by atoms with Gasteiger partial charge in [-0.3, -0.25) is 19.2 Å². The zero-order valence-corrected chi connectivity index (χ0v) is 67.7. The summed E-state index contributed by atoms with van der Waals surface area (Å²) in [6.07, 6.45) is 3.29. The van der Waals surface area contributed by atoms with E-state index in [1.165, 1.54) is 41.6 Å². The Hall–Kier alpha value is -12.6. The summed E-state index contributed by atoms with van der Waals surface area (Å²) in [6, 6.07) is 6.88. The van der Waals surface area contributed by atoms with Crippen LogP contribution in [0.4, 0.5) is 80.3 Å². The maximum absolute atomic E-state index is 14.6. The number of carbonyl (C=O) groups excluding carboxylic acids is 4. The molecule has 16 rings (SSSR count). The summed E-state index contributed by atoms with van der Waals surface area (Å²) in [5.41, 5.74) is 4.47. The molecule has 4 atom stereocenters. The molecule has 4 amide bonds. The Labute approximate surface area is 711 Å². The van der Waals surface area contributed by atoms with Crippen molar-refractivity contribution in [2.45, 2.75) is 100 Å². The van der Waals surface area contributed by atoms with Crippen LogP contribution in [0.3, 0.4) is 0 Å². The number of H-pyrrole nitrogens is 4. The number of nitrogens with zero attached hydrogens (tertiary/aromatic N) is 20. The van der Waals surface area contributed by atoms with Gasteiger partial charge in [0.2, 0.25) is 23.6 Å². The zero-order chi connectivity index (χ0) is 89.2. The molecule has 0 radical (unpaired) electrons. The molecule has 0 aliphatic carbocycles. The highest BCUT2D eigenvalue weighted by Gasteiger charge is 2.44. The van der Waals surface area contributed by atoms with E-state index in [1.54, 1.807) is 77.3 Å². The molecule has 0 spiro atoms. The molecule has 658 valence electrons. The van der Waals surface area contributed by atoms with Crippen LogP contribution in [-0.2, 0) is 19.2 Å². The van der Waals surface area contributed by atoms with Crippen LogP contribution in [-0.4, -0.2) is 269 Å². The molecule has 0 unspecified atom stereocenters. The molecule has 12 aromatic heterocycles. The minimum atomic E-state index is -4.55. The Bertz CT molecular complexity index is 5970. The molecule has 6 N–H and O–H groups in total. The van der Waals surface area contributed by atoms with Gasteiger partial charge >= 0.3 is 30.7 Å². The number of likely N-dealkylation sites (N-methyl/N-ethyl adjacent to an activating group) is 4. The quantitative estimate of drug-likeness (QED) is 0.0461. The topological polar surface area (TPSA) is 370 Å². The van der Waals surface area contributed by atoms with Crippen molar-refractivity contribution in [2.75, 3.05) is 100 Å². The summed E-state index contributed by atoms with van der Waals surface area (Å²) in [7, 11) is 4.44. The van der Waals surface area contributed by atoms with E-state index in [0.29, 0.717) is 161 Å². The highest BCUT2D eigenvalue weighted by Crippen LogP contribution is 2.40. The predicted molar refractivity (Wildman–Crippen MR) is 433 cm³/mol. The number of nitrogens with one attached hydrogen (secondary N) is 4. The van der Waals surface area contributed by atoms with Crippen molar-refractivity contribution in [3.8, 4) is 51.3 Å². The van der Waals surface area contributed by atoms with Crippen molar-refractivity contribution >= 4 is 132 Å². The molecule has 0 aromatic carbocycles. The Morgan fingerprint density at radius 2 is 0.766 bits per heavy atom. The summed E-state index contributed by atoms with van der Waals surface area (Å²) in [5, 5.41) is 24.0. The molecule has 4 fully saturated rings. The normalized spacial score (nSPS) is 16.8. The van der Waals surface area contributed by atoms with E-state index in [2.05, 4.69) is 79.7 Å². The number of amides is 4. The number of hydrogen-bond donors (Lipinski definition) is 6. The third-order valence-corrected chi connectivity index (χ3v) is 21.1. The third kappa shape index (κ3) is 20.5. The minimum absolute atomic E-state index is 0. The van der Waals surface area contributed by atoms with Gasteiger partial charge in [-0.25, -0.2) is 69.0 Å². The highest BCUT2D eigenvalue weighted by atomic mass is 35.5. The van der Waals surface area contributed by atoms with Gasteiger partial charge in [0.15, 0.2) is 46.5 Å². The monoisotopic (exact) mass is 1800 g/mol. The maximum Gasteiger partial charge on any atom is 0.406 e. The number of aromatic carboxylic acids is 1. The van der Waals surface area contributed by atoms with Crippen molar-refractivity contribution in [1.82, 2.24) is 99.3 Å². The number of anilines is 4. The Morgan fingerprint density at radius 3 is 1.18 bits per heavy atom. The van der Waals surface area contributed by atoms with E-state index in [-0.39, 0.29) is 62.8 Å². The second-order valence-electron chi connectivity index (χ2n) is 29.2. The second kappa shape index (κ2) is 36.4. The van der Waals surface area contributed by atoms with Gasteiger partial charge in [0.05, 0.1) is 27.5 Å². The smallest absolute Gasteiger partial charge is 0.406 e. The van der Waals surface area contributed by atoms with Gasteiger partial charge in [-0.1, -0.05) is 34.8 Å². The van der Waals surface area contributed by atoms with E-state index >= 15 is 0 Å². The molecule has 4 saturated heterocycles. The van der Waals surface area contributed by atoms with Crippen LogP contribution in [0, 0.1) is 5.82 Å². The molecule has 0 bridgehead atoms. The number of carboxylic acid groups (broad SMARTS) is 1. The largest absolute Gasteiger partial charge is 0.503 e. The first-order chi connectivity index (χ1) is 58.7. The van der Waals surface area contributed by atoms with Gasteiger partial charge in [0, 0.05) is 163 Å². The second-order valence-corrected chi connectivity index (χ2v) is 30.6. The molecular formula is C77H76Cl3F13N24O7. The molecule has 124 heavy (non-hydrogen) atoms. The van der Waals surface area contributed by atoms with Crippen molar-refractivity contribution in [3.63, 3.8) is 0 Å². The molecule has 16 heterocycles. The first kappa shape index (κ1) is 89.2. The van der Waals surface area contributed by atoms with Gasteiger partial charge in [-0.2, -0.15) is 52.7 Å². The average molecular weight is 1800 g/mol. The maximum atomic E-state index is 14.6. The molecule has 47 heteroatoms. The van der Waals surface area contributed by atoms with Crippen molar-refractivity contribution in [3.05, 3.63) is 137 Å². The van der Waals surface area contributed by atoms with E-state index in [0.717, 1.165) is 49.2 Å². The third-order valence-electron chi connectivity index (χ3n) is 20.5. The molecule has 0 saturated carbocycles. The van der Waals surface area contributed by atoms with Gasteiger partial charge in [0.1, 0.15) is 90.1 Å². The molecule has 12 aromatic rings. The fourth-order valence-electron chi connectivity index (χ4n) is 15.1.